The molecule has 1 amide bonds. The summed E-state index contributed by atoms with van der Waals surface area (Å²) in [4.78, 5) is 23.9. The van der Waals surface area contributed by atoms with E-state index in [0.29, 0.717) is 13.0 Å². The van der Waals surface area contributed by atoms with Gasteiger partial charge in [0.15, 0.2) is 0 Å². The largest absolute Gasteiger partial charge is 0.489 e. The van der Waals surface area contributed by atoms with Crippen molar-refractivity contribution in [2.75, 3.05) is 0 Å². The summed E-state index contributed by atoms with van der Waals surface area (Å²) in [5, 5.41) is 12.1. The highest BCUT2D eigenvalue weighted by molar-refractivity contribution is 5.80. The van der Waals surface area contributed by atoms with Gasteiger partial charge in [0, 0.05) is 6.42 Å². The van der Waals surface area contributed by atoms with E-state index in [0.717, 1.165) is 28.0 Å². The Balaban J connectivity index is 2.09. The standard InChI is InChI=1S/C24H31NO5/c1-6-24(4,5)30-23(28)25-21(22(26)27)14-20-16(2)12-19(13-17(20)3)29-15-18-10-8-7-9-11-18/h7-13,21H,6,14-15H2,1-5H3,(H,25,28)(H,26,27). The average Bonchev–Trinajstić information content (AvgIpc) is 2.68. The second-order valence-electron chi connectivity index (χ2n) is 8.05. The van der Waals surface area contributed by atoms with Crippen molar-refractivity contribution in [3.63, 3.8) is 0 Å². The average molecular weight is 414 g/mol. The molecule has 1 unspecified atom stereocenters. The fourth-order valence-electron chi connectivity index (χ4n) is 3.00. The molecule has 162 valence electrons. The number of carbonyl (C=O) groups excluding carboxylic acids is 1. The number of rotatable bonds is 9. The van der Waals surface area contributed by atoms with Crippen molar-refractivity contribution in [1.29, 1.82) is 0 Å². The maximum atomic E-state index is 12.1. The maximum Gasteiger partial charge on any atom is 0.408 e. The van der Waals surface area contributed by atoms with Crippen LogP contribution in [0.25, 0.3) is 0 Å². The highest BCUT2D eigenvalue weighted by Crippen LogP contribution is 2.24. The lowest BCUT2D eigenvalue weighted by Gasteiger charge is -2.25. The molecule has 0 saturated heterocycles. The van der Waals surface area contributed by atoms with Crippen molar-refractivity contribution in [1.82, 2.24) is 5.32 Å². The molecule has 0 fully saturated rings. The van der Waals surface area contributed by atoms with Crippen LogP contribution in [0, 0.1) is 13.8 Å². The van der Waals surface area contributed by atoms with Crippen LogP contribution in [-0.2, 0) is 22.6 Å². The topological polar surface area (TPSA) is 84.9 Å². The van der Waals surface area contributed by atoms with Crippen molar-refractivity contribution >= 4 is 12.1 Å². The Morgan fingerprint density at radius 1 is 1.10 bits per heavy atom. The Kier molecular flexibility index (Phi) is 7.86. The fourth-order valence-corrected chi connectivity index (χ4v) is 3.00. The van der Waals surface area contributed by atoms with Gasteiger partial charge < -0.3 is 19.9 Å². The molecule has 0 bridgehead atoms. The first kappa shape index (κ1) is 23.3. The number of amides is 1. The number of aliphatic carboxylic acids is 1. The quantitative estimate of drug-likeness (QED) is 0.617. The Hall–Kier alpha value is -3.02. The normalized spacial score (nSPS) is 12.2. The van der Waals surface area contributed by atoms with Gasteiger partial charge in [0.1, 0.15) is 24.0 Å². The molecule has 0 heterocycles. The number of benzene rings is 2. The smallest absolute Gasteiger partial charge is 0.408 e. The van der Waals surface area contributed by atoms with Crippen LogP contribution < -0.4 is 10.1 Å². The first-order valence-electron chi connectivity index (χ1n) is 10.1. The molecule has 6 heteroatoms. The summed E-state index contributed by atoms with van der Waals surface area (Å²) in [5.74, 6) is -0.383. The fraction of sp³-hybridized carbons (Fsp3) is 0.417. The summed E-state index contributed by atoms with van der Waals surface area (Å²) in [6.45, 7) is 9.74. The van der Waals surface area contributed by atoms with Gasteiger partial charge in [-0.25, -0.2) is 9.59 Å². The van der Waals surface area contributed by atoms with Crippen LogP contribution in [0.2, 0.25) is 0 Å². The Morgan fingerprint density at radius 2 is 1.70 bits per heavy atom. The number of aryl methyl sites for hydroxylation is 2. The number of carboxylic acids is 1. The van der Waals surface area contributed by atoms with Crippen molar-refractivity contribution in [3.05, 3.63) is 64.7 Å². The van der Waals surface area contributed by atoms with Crippen LogP contribution >= 0.6 is 0 Å². The van der Waals surface area contributed by atoms with E-state index < -0.39 is 23.7 Å². The summed E-state index contributed by atoms with van der Waals surface area (Å²) in [6, 6.07) is 12.6. The van der Waals surface area contributed by atoms with E-state index in [1.165, 1.54) is 0 Å². The Labute approximate surface area is 178 Å². The first-order valence-corrected chi connectivity index (χ1v) is 10.1. The van der Waals surface area contributed by atoms with E-state index in [1.807, 2.05) is 63.2 Å². The minimum Gasteiger partial charge on any atom is -0.489 e. The molecule has 1 atom stereocenters. The molecule has 2 N–H and O–H groups in total. The monoisotopic (exact) mass is 413 g/mol. The van der Waals surface area contributed by atoms with Crippen LogP contribution in [0.4, 0.5) is 4.79 Å². The molecule has 0 spiro atoms. The number of carboxylic acid groups (broad SMARTS) is 1. The zero-order valence-electron chi connectivity index (χ0n) is 18.3. The number of hydrogen-bond acceptors (Lipinski definition) is 4. The lowest BCUT2D eigenvalue weighted by molar-refractivity contribution is -0.139. The maximum absolute atomic E-state index is 12.1. The second-order valence-corrected chi connectivity index (χ2v) is 8.05. The van der Waals surface area contributed by atoms with Gasteiger partial charge in [0.2, 0.25) is 0 Å². The molecule has 2 aromatic rings. The molecule has 0 saturated carbocycles. The summed E-state index contributed by atoms with van der Waals surface area (Å²) >= 11 is 0. The Morgan fingerprint density at radius 3 is 2.23 bits per heavy atom. The van der Waals surface area contributed by atoms with E-state index in [9.17, 15) is 14.7 Å². The summed E-state index contributed by atoms with van der Waals surface area (Å²) in [5.41, 5.74) is 3.10. The number of alkyl carbamates (subject to hydrolysis) is 1. The summed E-state index contributed by atoms with van der Waals surface area (Å²) in [7, 11) is 0. The van der Waals surface area contributed by atoms with Gasteiger partial charge >= 0.3 is 12.1 Å². The lowest BCUT2D eigenvalue weighted by atomic mass is 9.96. The third kappa shape index (κ3) is 6.79. The van der Waals surface area contributed by atoms with Crippen LogP contribution in [0.15, 0.2) is 42.5 Å². The molecule has 2 rings (SSSR count). The van der Waals surface area contributed by atoms with Gasteiger partial charge in [-0.2, -0.15) is 0 Å². The SMILES string of the molecule is CCC(C)(C)OC(=O)NC(Cc1c(C)cc(OCc2ccccc2)cc1C)C(=O)O. The number of carbonyl (C=O) groups is 2. The minimum absolute atomic E-state index is 0.160. The molecule has 0 aliphatic rings. The highest BCUT2D eigenvalue weighted by atomic mass is 16.6. The molecule has 0 aliphatic carbocycles. The van der Waals surface area contributed by atoms with E-state index in [4.69, 9.17) is 9.47 Å². The molecular formula is C24H31NO5. The van der Waals surface area contributed by atoms with Crippen molar-refractivity contribution < 1.29 is 24.2 Å². The van der Waals surface area contributed by atoms with Crippen LogP contribution in [0.3, 0.4) is 0 Å². The third-order valence-electron chi connectivity index (χ3n) is 5.14. The van der Waals surface area contributed by atoms with Crippen LogP contribution in [0.5, 0.6) is 5.75 Å². The number of nitrogens with one attached hydrogen (secondary N) is 1. The molecule has 2 aromatic carbocycles. The van der Waals surface area contributed by atoms with Gasteiger partial charge in [-0.3, -0.25) is 0 Å². The van der Waals surface area contributed by atoms with Crippen molar-refractivity contribution in [2.45, 2.75) is 65.7 Å². The minimum atomic E-state index is -1.11. The Bertz CT molecular complexity index is 853. The molecule has 30 heavy (non-hydrogen) atoms. The van der Waals surface area contributed by atoms with Gasteiger partial charge in [-0.1, -0.05) is 37.3 Å². The van der Waals surface area contributed by atoms with E-state index in [1.54, 1.807) is 13.8 Å². The number of hydrogen-bond donors (Lipinski definition) is 2. The lowest BCUT2D eigenvalue weighted by Crippen LogP contribution is -2.45. The zero-order chi connectivity index (χ0) is 22.3. The second kappa shape index (κ2) is 10.1. The van der Waals surface area contributed by atoms with Gasteiger partial charge in [0.05, 0.1) is 0 Å². The zero-order valence-corrected chi connectivity index (χ0v) is 18.3. The summed E-state index contributed by atoms with van der Waals surface area (Å²) < 4.78 is 11.2. The molecule has 6 nitrogen and oxygen atoms in total. The molecule has 0 radical (unpaired) electrons. The third-order valence-corrected chi connectivity index (χ3v) is 5.14. The van der Waals surface area contributed by atoms with Gasteiger partial charge in [-0.15, -0.1) is 0 Å². The van der Waals surface area contributed by atoms with Crippen molar-refractivity contribution in [3.8, 4) is 5.75 Å². The van der Waals surface area contributed by atoms with E-state index in [-0.39, 0.29) is 6.42 Å². The molecule has 0 aromatic heterocycles. The molecular weight excluding hydrogens is 382 g/mol. The van der Waals surface area contributed by atoms with Gasteiger partial charge in [-0.05, 0) is 68.5 Å². The first-order chi connectivity index (χ1) is 14.1. The van der Waals surface area contributed by atoms with Crippen LogP contribution in [0.1, 0.15) is 49.4 Å². The van der Waals surface area contributed by atoms with Crippen molar-refractivity contribution in [2.24, 2.45) is 0 Å². The van der Waals surface area contributed by atoms with Crippen LogP contribution in [-0.4, -0.2) is 28.8 Å². The highest BCUT2D eigenvalue weighted by Gasteiger charge is 2.26. The van der Waals surface area contributed by atoms with E-state index >= 15 is 0 Å². The van der Waals surface area contributed by atoms with Gasteiger partial charge in [0.25, 0.3) is 0 Å². The van der Waals surface area contributed by atoms with E-state index in [2.05, 4.69) is 5.32 Å². The predicted molar refractivity (Wildman–Crippen MR) is 116 cm³/mol. The summed E-state index contributed by atoms with van der Waals surface area (Å²) in [6.07, 6.45) is 0.0569. The molecule has 0 aliphatic heterocycles. The predicted octanol–water partition coefficient (Wildman–Crippen LogP) is 4.79. The number of ether oxygens (including phenoxy) is 2.